The molecular weight excluding hydrogens is 364 g/mol. The summed E-state index contributed by atoms with van der Waals surface area (Å²) in [5, 5.41) is 0. The maximum Gasteiger partial charge on any atom is 0.306 e. The van der Waals surface area contributed by atoms with E-state index in [1.54, 1.807) is 6.08 Å². The van der Waals surface area contributed by atoms with E-state index in [1.807, 2.05) is 13.0 Å². The van der Waals surface area contributed by atoms with Crippen LogP contribution in [0.15, 0.2) is 23.8 Å². The van der Waals surface area contributed by atoms with Crippen molar-refractivity contribution in [3.05, 3.63) is 23.8 Å². The minimum atomic E-state index is -0.262. The number of Topliss-reactive ketones (excluding diaryl/α,β-unsaturated/α-hetero) is 1. The molecule has 3 fully saturated rings. The largest absolute Gasteiger partial charge is 0.458 e. The molecule has 4 nitrogen and oxygen atoms in total. The molecule has 0 radical (unpaired) electrons. The molecule has 0 aromatic heterocycles. The van der Waals surface area contributed by atoms with Crippen LogP contribution in [-0.2, 0) is 19.1 Å². The van der Waals surface area contributed by atoms with Crippen molar-refractivity contribution in [1.82, 2.24) is 0 Å². The SMILES string of the molecule is CCCC(=O)OCC(=O)[C@H]1CC[C@H]2[C@@H]3CCC4=CC(=O)C=C[C@]4(C)[C@H]3CC[C@]12C. The molecule has 0 unspecified atom stereocenters. The molecule has 158 valence electrons. The highest BCUT2D eigenvalue weighted by molar-refractivity contribution is 6.01. The van der Waals surface area contributed by atoms with Gasteiger partial charge in [-0.3, -0.25) is 14.4 Å². The van der Waals surface area contributed by atoms with Gasteiger partial charge in [-0.2, -0.15) is 0 Å². The Hall–Kier alpha value is -1.71. The monoisotopic (exact) mass is 398 g/mol. The topological polar surface area (TPSA) is 60.4 Å². The second-order valence-corrected chi connectivity index (χ2v) is 10.2. The molecule has 4 heteroatoms. The second-order valence-electron chi connectivity index (χ2n) is 10.2. The summed E-state index contributed by atoms with van der Waals surface area (Å²) < 4.78 is 5.25. The number of hydrogen-bond donors (Lipinski definition) is 0. The van der Waals surface area contributed by atoms with Crippen molar-refractivity contribution < 1.29 is 19.1 Å². The first-order chi connectivity index (χ1) is 13.8. The van der Waals surface area contributed by atoms with Crippen LogP contribution in [-0.4, -0.2) is 24.1 Å². The molecule has 0 amide bonds. The third-order valence-corrected chi connectivity index (χ3v) is 8.77. The number of carbonyl (C=O) groups excluding carboxylic acids is 3. The zero-order chi connectivity index (χ0) is 20.8. The van der Waals surface area contributed by atoms with Gasteiger partial charge in [0, 0.05) is 17.8 Å². The quantitative estimate of drug-likeness (QED) is 0.623. The van der Waals surface area contributed by atoms with E-state index in [2.05, 4.69) is 19.9 Å². The molecule has 4 aliphatic rings. The van der Waals surface area contributed by atoms with E-state index in [0.717, 1.165) is 44.9 Å². The van der Waals surface area contributed by atoms with E-state index in [1.165, 1.54) is 5.57 Å². The molecule has 0 aromatic carbocycles. The number of hydrogen-bond acceptors (Lipinski definition) is 4. The summed E-state index contributed by atoms with van der Waals surface area (Å²) in [4.78, 5) is 36.5. The van der Waals surface area contributed by atoms with Gasteiger partial charge in [0.25, 0.3) is 0 Å². The average Bonchev–Trinajstić information content (AvgIpc) is 3.04. The number of esters is 1. The summed E-state index contributed by atoms with van der Waals surface area (Å²) in [5.74, 6) is 1.70. The number of ether oxygens (including phenoxy) is 1. The normalized spacial score (nSPS) is 40.5. The molecule has 29 heavy (non-hydrogen) atoms. The molecule has 6 atom stereocenters. The lowest BCUT2D eigenvalue weighted by molar-refractivity contribution is -0.151. The van der Waals surface area contributed by atoms with Crippen molar-refractivity contribution in [2.75, 3.05) is 6.61 Å². The Morgan fingerprint density at radius 1 is 1.14 bits per heavy atom. The lowest BCUT2D eigenvalue weighted by Gasteiger charge is -2.56. The third-order valence-electron chi connectivity index (χ3n) is 8.77. The first-order valence-electron chi connectivity index (χ1n) is 11.4. The first-order valence-corrected chi connectivity index (χ1v) is 11.4. The second kappa shape index (κ2) is 7.52. The Kier molecular flexibility index (Phi) is 5.33. The van der Waals surface area contributed by atoms with Crippen LogP contribution in [0, 0.1) is 34.5 Å². The molecule has 0 aliphatic heterocycles. The molecule has 0 aromatic rings. The molecule has 3 saturated carbocycles. The van der Waals surface area contributed by atoms with Crippen LogP contribution in [0.25, 0.3) is 0 Å². The Labute approximate surface area is 174 Å². The van der Waals surface area contributed by atoms with E-state index < -0.39 is 0 Å². The molecular formula is C25H34O4. The van der Waals surface area contributed by atoms with Crippen molar-refractivity contribution in [3.8, 4) is 0 Å². The van der Waals surface area contributed by atoms with Gasteiger partial charge in [-0.25, -0.2) is 0 Å². The van der Waals surface area contributed by atoms with Crippen molar-refractivity contribution in [3.63, 3.8) is 0 Å². The van der Waals surface area contributed by atoms with E-state index >= 15 is 0 Å². The van der Waals surface area contributed by atoms with E-state index in [0.29, 0.717) is 24.2 Å². The summed E-state index contributed by atoms with van der Waals surface area (Å²) in [6.07, 6.45) is 13.2. The van der Waals surface area contributed by atoms with Gasteiger partial charge in [0.15, 0.2) is 11.6 Å². The lowest BCUT2D eigenvalue weighted by atomic mass is 9.47. The molecule has 4 aliphatic carbocycles. The smallest absolute Gasteiger partial charge is 0.306 e. The highest BCUT2D eigenvalue weighted by Gasteiger charge is 2.59. The van der Waals surface area contributed by atoms with Gasteiger partial charge in [-0.1, -0.05) is 32.4 Å². The maximum atomic E-state index is 13.0. The zero-order valence-corrected chi connectivity index (χ0v) is 18.0. The van der Waals surface area contributed by atoms with Crippen LogP contribution < -0.4 is 0 Å². The Bertz CT molecular complexity index is 778. The van der Waals surface area contributed by atoms with E-state index in [9.17, 15) is 14.4 Å². The van der Waals surface area contributed by atoms with Crippen LogP contribution in [0.2, 0.25) is 0 Å². The van der Waals surface area contributed by atoms with Crippen molar-refractivity contribution in [1.29, 1.82) is 0 Å². The van der Waals surface area contributed by atoms with Crippen molar-refractivity contribution in [2.24, 2.45) is 34.5 Å². The van der Waals surface area contributed by atoms with Gasteiger partial charge in [0.05, 0.1) is 0 Å². The van der Waals surface area contributed by atoms with Crippen LogP contribution >= 0.6 is 0 Å². The summed E-state index contributed by atoms with van der Waals surface area (Å²) in [6, 6.07) is 0. The third kappa shape index (κ3) is 3.33. The predicted molar refractivity (Wildman–Crippen MR) is 111 cm³/mol. The Morgan fingerprint density at radius 2 is 1.93 bits per heavy atom. The number of rotatable bonds is 5. The zero-order valence-electron chi connectivity index (χ0n) is 18.0. The van der Waals surface area contributed by atoms with E-state index in [4.69, 9.17) is 4.74 Å². The highest BCUT2D eigenvalue weighted by Crippen LogP contribution is 2.66. The van der Waals surface area contributed by atoms with Gasteiger partial charge in [0.1, 0.15) is 6.61 Å². The van der Waals surface area contributed by atoms with Gasteiger partial charge >= 0.3 is 5.97 Å². The van der Waals surface area contributed by atoms with Crippen LogP contribution in [0.4, 0.5) is 0 Å². The van der Waals surface area contributed by atoms with Gasteiger partial charge in [-0.05, 0) is 80.3 Å². The summed E-state index contributed by atoms with van der Waals surface area (Å²) in [7, 11) is 0. The van der Waals surface area contributed by atoms with E-state index in [-0.39, 0.29) is 40.9 Å². The van der Waals surface area contributed by atoms with Crippen molar-refractivity contribution in [2.45, 2.75) is 72.1 Å². The maximum absolute atomic E-state index is 13.0. The minimum absolute atomic E-state index is 0.00403. The number of carbonyl (C=O) groups is 3. The van der Waals surface area contributed by atoms with Gasteiger partial charge < -0.3 is 4.74 Å². The summed E-state index contributed by atoms with van der Waals surface area (Å²) in [6.45, 7) is 6.50. The first kappa shape index (κ1) is 20.6. The minimum Gasteiger partial charge on any atom is -0.458 e. The predicted octanol–water partition coefficient (Wildman–Crippen LogP) is 4.82. The standard InChI is InChI=1S/C25H34O4/c1-4-5-23(28)29-15-22(27)21-9-8-19-18-7-6-16-14-17(26)10-12-24(16,2)20(18)11-13-25(19,21)3/h10,12,14,18-21H,4-9,11,13,15H2,1-3H3/t18-,19-,20-,21+,24-,25-/m0/s1. The van der Waals surface area contributed by atoms with Crippen LogP contribution in [0.3, 0.4) is 0 Å². The Morgan fingerprint density at radius 3 is 2.69 bits per heavy atom. The molecule has 0 bridgehead atoms. The summed E-state index contributed by atoms with van der Waals surface area (Å²) in [5.41, 5.74) is 1.32. The molecule has 0 N–H and O–H groups in total. The molecule has 0 spiro atoms. The molecule has 0 saturated heterocycles. The van der Waals surface area contributed by atoms with Gasteiger partial charge in [-0.15, -0.1) is 0 Å². The van der Waals surface area contributed by atoms with Crippen LogP contribution in [0.5, 0.6) is 0 Å². The fraction of sp³-hybridized carbons (Fsp3) is 0.720. The Balaban J connectivity index is 1.50. The fourth-order valence-corrected chi connectivity index (χ4v) is 7.26. The number of fused-ring (bicyclic) bond motifs is 5. The highest BCUT2D eigenvalue weighted by atomic mass is 16.5. The van der Waals surface area contributed by atoms with Crippen LogP contribution in [0.1, 0.15) is 72.1 Å². The lowest BCUT2D eigenvalue weighted by Crippen LogP contribution is -2.50. The van der Waals surface area contributed by atoms with Crippen molar-refractivity contribution >= 4 is 17.5 Å². The molecule has 4 rings (SSSR count). The average molecular weight is 399 g/mol. The summed E-state index contributed by atoms with van der Waals surface area (Å²) >= 11 is 0. The fourth-order valence-electron chi connectivity index (χ4n) is 7.26. The van der Waals surface area contributed by atoms with Gasteiger partial charge in [0.2, 0.25) is 0 Å². The molecule has 0 heterocycles. The number of allylic oxidation sites excluding steroid dienone is 4. The number of ketones is 2.